The van der Waals surface area contributed by atoms with Gasteiger partial charge in [0, 0.05) is 5.56 Å². The molecule has 4 heteroatoms. The summed E-state index contributed by atoms with van der Waals surface area (Å²) in [5.41, 5.74) is 0.251. The van der Waals surface area contributed by atoms with Crippen LogP contribution in [0.5, 0.6) is 5.75 Å². The van der Waals surface area contributed by atoms with Crippen molar-refractivity contribution >= 4 is 12.4 Å². The Kier molecular flexibility index (Phi) is 4.19. The molecule has 0 bridgehead atoms. The van der Waals surface area contributed by atoms with E-state index in [2.05, 4.69) is 5.32 Å². The van der Waals surface area contributed by atoms with E-state index in [0.29, 0.717) is 0 Å². The number of phenols is 1. The fourth-order valence-electron chi connectivity index (χ4n) is 2.24. The van der Waals surface area contributed by atoms with Gasteiger partial charge in [-0.2, -0.15) is 0 Å². The number of aromatic hydroxyl groups is 1. The highest BCUT2D eigenvalue weighted by Crippen LogP contribution is 2.35. The zero-order chi connectivity index (χ0) is 10.9. The van der Waals surface area contributed by atoms with Gasteiger partial charge in [-0.05, 0) is 32.4 Å². The van der Waals surface area contributed by atoms with Crippen LogP contribution in [0.15, 0.2) is 24.3 Å². The second-order valence-electron chi connectivity index (χ2n) is 4.30. The minimum atomic E-state index is -0.524. The quantitative estimate of drug-likeness (QED) is 0.705. The Morgan fingerprint density at radius 2 is 2.06 bits per heavy atom. The lowest BCUT2D eigenvalue weighted by Crippen LogP contribution is -2.53. The van der Waals surface area contributed by atoms with Gasteiger partial charge in [0.15, 0.2) is 0 Å². The van der Waals surface area contributed by atoms with E-state index in [4.69, 9.17) is 0 Å². The van der Waals surface area contributed by atoms with Crippen molar-refractivity contribution in [2.45, 2.75) is 31.4 Å². The molecule has 1 fully saturated rings. The zero-order valence-electron chi connectivity index (χ0n) is 9.31. The monoisotopic (exact) mass is 243 g/mol. The summed E-state index contributed by atoms with van der Waals surface area (Å²) in [4.78, 5) is 0. The summed E-state index contributed by atoms with van der Waals surface area (Å²) in [5, 5.41) is 23.1. The summed E-state index contributed by atoms with van der Waals surface area (Å²) in [6.45, 7) is 2.81. The van der Waals surface area contributed by atoms with Gasteiger partial charge in [0.25, 0.3) is 0 Å². The van der Waals surface area contributed by atoms with E-state index in [1.807, 2.05) is 19.1 Å². The molecule has 0 saturated carbocycles. The molecule has 90 valence electrons. The second kappa shape index (κ2) is 5.04. The molecule has 3 N–H and O–H groups in total. The molecule has 1 aliphatic heterocycles. The van der Waals surface area contributed by atoms with Crippen LogP contribution >= 0.6 is 12.4 Å². The summed E-state index contributed by atoms with van der Waals surface area (Å²) in [6.07, 6.45) is 1.31. The van der Waals surface area contributed by atoms with Crippen molar-refractivity contribution in [3.8, 4) is 5.75 Å². The lowest BCUT2D eigenvalue weighted by atomic mass is 9.81. The molecule has 0 amide bonds. The van der Waals surface area contributed by atoms with Gasteiger partial charge in [0.05, 0.1) is 11.6 Å². The maximum Gasteiger partial charge on any atom is 0.120 e. The highest BCUT2D eigenvalue weighted by Gasteiger charge is 2.38. The Bertz CT molecular complexity index is 359. The van der Waals surface area contributed by atoms with Crippen LogP contribution in [0.25, 0.3) is 0 Å². The average molecular weight is 244 g/mol. The first-order valence-corrected chi connectivity index (χ1v) is 5.36. The predicted octanol–water partition coefficient (Wildman–Crippen LogP) is 1.77. The number of halogens is 1. The van der Waals surface area contributed by atoms with Crippen molar-refractivity contribution in [3.63, 3.8) is 0 Å². The van der Waals surface area contributed by atoms with Crippen molar-refractivity contribution < 1.29 is 10.2 Å². The van der Waals surface area contributed by atoms with Crippen LogP contribution in [-0.4, -0.2) is 22.9 Å². The Labute approximate surface area is 102 Å². The normalized spacial score (nSPS) is 29.5. The van der Waals surface area contributed by atoms with E-state index in [1.165, 1.54) is 0 Å². The molecule has 16 heavy (non-hydrogen) atoms. The minimum Gasteiger partial charge on any atom is -0.508 e. The standard InChI is InChI=1S/C12H17NO2.ClH/c1-12(11(15)7-4-8-13-12)9-5-2-3-6-10(9)14;/h2-3,5-6,11,13-15H,4,7-8H2,1H3;1H. The molecule has 3 nitrogen and oxygen atoms in total. The van der Waals surface area contributed by atoms with Gasteiger partial charge in [-0.3, -0.25) is 0 Å². The Balaban J connectivity index is 0.00000128. The molecule has 0 aromatic heterocycles. The summed E-state index contributed by atoms with van der Waals surface area (Å²) in [5.74, 6) is 0.244. The number of hydrogen-bond acceptors (Lipinski definition) is 3. The van der Waals surface area contributed by atoms with Crippen LogP contribution < -0.4 is 5.32 Å². The molecule has 2 rings (SSSR count). The number of nitrogens with one attached hydrogen (secondary N) is 1. The maximum absolute atomic E-state index is 10.0. The summed E-state index contributed by atoms with van der Waals surface area (Å²) >= 11 is 0. The largest absolute Gasteiger partial charge is 0.508 e. The first kappa shape index (κ1) is 13.3. The van der Waals surface area contributed by atoms with Gasteiger partial charge >= 0.3 is 0 Å². The molecule has 0 radical (unpaired) electrons. The third-order valence-electron chi connectivity index (χ3n) is 3.28. The lowest BCUT2D eigenvalue weighted by Gasteiger charge is -2.40. The van der Waals surface area contributed by atoms with Gasteiger partial charge in [-0.15, -0.1) is 12.4 Å². The van der Waals surface area contributed by atoms with E-state index in [9.17, 15) is 10.2 Å². The number of para-hydroxylation sites is 1. The van der Waals surface area contributed by atoms with E-state index in [1.54, 1.807) is 12.1 Å². The van der Waals surface area contributed by atoms with Crippen molar-refractivity contribution in [2.75, 3.05) is 6.54 Å². The first-order chi connectivity index (χ1) is 7.14. The molecule has 2 atom stereocenters. The third-order valence-corrected chi connectivity index (χ3v) is 3.28. The zero-order valence-corrected chi connectivity index (χ0v) is 10.1. The van der Waals surface area contributed by atoms with Crippen LogP contribution in [0.3, 0.4) is 0 Å². The first-order valence-electron chi connectivity index (χ1n) is 5.36. The van der Waals surface area contributed by atoms with E-state index >= 15 is 0 Å². The van der Waals surface area contributed by atoms with Crippen LogP contribution in [0.4, 0.5) is 0 Å². The number of aliphatic hydroxyl groups is 1. The third kappa shape index (κ3) is 2.17. The fraction of sp³-hybridized carbons (Fsp3) is 0.500. The Morgan fingerprint density at radius 1 is 1.38 bits per heavy atom. The topological polar surface area (TPSA) is 52.5 Å². The van der Waals surface area contributed by atoms with Crippen molar-refractivity contribution in [2.24, 2.45) is 0 Å². The maximum atomic E-state index is 10.0. The van der Waals surface area contributed by atoms with Crippen LogP contribution in [0.2, 0.25) is 0 Å². The average Bonchev–Trinajstić information content (AvgIpc) is 2.23. The number of phenolic OH excluding ortho intramolecular Hbond substituents is 1. The Morgan fingerprint density at radius 3 is 2.69 bits per heavy atom. The predicted molar refractivity (Wildman–Crippen MR) is 66.0 cm³/mol. The summed E-state index contributed by atoms with van der Waals surface area (Å²) in [7, 11) is 0. The number of rotatable bonds is 1. The van der Waals surface area contributed by atoms with Gasteiger partial charge in [-0.25, -0.2) is 0 Å². The molecule has 1 aromatic rings. The molecule has 2 unspecified atom stereocenters. The highest BCUT2D eigenvalue weighted by atomic mass is 35.5. The molecular weight excluding hydrogens is 226 g/mol. The van der Waals surface area contributed by atoms with Gasteiger partial charge in [0.2, 0.25) is 0 Å². The Hall–Kier alpha value is -0.770. The van der Waals surface area contributed by atoms with Crippen molar-refractivity contribution in [1.29, 1.82) is 0 Å². The minimum absolute atomic E-state index is 0. The van der Waals surface area contributed by atoms with Crippen LogP contribution in [-0.2, 0) is 5.54 Å². The smallest absolute Gasteiger partial charge is 0.120 e. The second-order valence-corrected chi connectivity index (χ2v) is 4.30. The van der Waals surface area contributed by atoms with E-state index in [-0.39, 0.29) is 18.2 Å². The summed E-state index contributed by atoms with van der Waals surface area (Å²) in [6, 6.07) is 7.18. The SMILES string of the molecule is CC1(c2ccccc2O)NCCCC1O.Cl. The molecule has 0 aliphatic carbocycles. The molecular formula is C12H18ClNO2. The number of benzene rings is 1. The van der Waals surface area contributed by atoms with Gasteiger partial charge in [-0.1, -0.05) is 18.2 Å². The van der Waals surface area contributed by atoms with Crippen LogP contribution in [0, 0.1) is 0 Å². The number of aliphatic hydroxyl groups excluding tert-OH is 1. The van der Waals surface area contributed by atoms with E-state index < -0.39 is 11.6 Å². The lowest BCUT2D eigenvalue weighted by molar-refractivity contribution is 0.0371. The van der Waals surface area contributed by atoms with Gasteiger partial charge in [0.1, 0.15) is 5.75 Å². The highest BCUT2D eigenvalue weighted by molar-refractivity contribution is 5.85. The number of hydrogen-bond donors (Lipinski definition) is 3. The molecule has 1 heterocycles. The molecule has 1 aliphatic rings. The number of piperidine rings is 1. The van der Waals surface area contributed by atoms with Gasteiger partial charge < -0.3 is 15.5 Å². The fourth-order valence-corrected chi connectivity index (χ4v) is 2.24. The van der Waals surface area contributed by atoms with Crippen LogP contribution in [0.1, 0.15) is 25.3 Å². The van der Waals surface area contributed by atoms with E-state index in [0.717, 1.165) is 24.9 Å². The molecule has 1 saturated heterocycles. The summed E-state index contributed by atoms with van der Waals surface area (Å²) < 4.78 is 0. The molecule has 0 spiro atoms. The van der Waals surface area contributed by atoms with Crippen molar-refractivity contribution in [3.05, 3.63) is 29.8 Å². The molecule has 1 aromatic carbocycles. The van der Waals surface area contributed by atoms with Crippen molar-refractivity contribution in [1.82, 2.24) is 5.32 Å².